The second-order valence-electron chi connectivity index (χ2n) is 7.58. The van der Waals surface area contributed by atoms with Gasteiger partial charge in [0.05, 0.1) is 21.7 Å². The lowest BCUT2D eigenvalue weighted by Gasteiger charge is -2.40. The lowest BCUT2D eigenvalue weighted by molar-refractivity contribution is 0.107. The van der Waals surface area contributed by atoms with Crippen LogP contribution in [0.1, 0.15) is 20.3 Å². The van der Waals surface area contributed by atoms with Crippen LogP contribution in [0.25, 0.3) is 0 Å². The first-order chi connectivity index (χ1) is 11.6. The molecule has 140 valence electrons. The molecule has 3 rings (SSSR count). The number of rotatable bonds is 3. The summed E-state index contributed by atoms with van der Waals surface area (Å²) in [5.74, 6) is -0.204. The Morgan fingerprint density at radius 3 is 2.16 bits per heavy atom. The van der Waals surface area contributed by atoms with E-state index in [4.69, 9.17) is 0 Å². The summed E-state index contributed by atoms with van der Waals surface area (Å²) in [4.78, 5) is 2.02. The van der Waals surface area contributed by atoms with Gasteiger partial charge in [-0.2, -0.15) is 0 Å². The fourth-order valence-electron chi connectivity index (χ4n) is 4.21. The number of hydrogen-bond donors (Lipinski definition) is 0. The number of sulfone groups is 2. The smallest absolute Gasteiger partial charge is 0.183 e. The molecule has 1 aromatic rings. The summed E-state index contributed by atoms with van der Waals surface area (Å²) in [7, 11) is -7.27. The van der Waals surface area contributed by atoms with Crippen molar-refractivity contribution in [2.24, 2.45) is 11.8 Å². The highest BCUT2D eigenvalue weighted by molar-refractivity contribution is 7.96. The van der Waals surface area contributed by atoms with Gasteiger partial charge in [0.2, 0.25) is 0 Å². The van der Waals surface area contributed by atoms with Crippen LogP contribution in [-0.4, -0.2) is 57.6 Å². The maximum atomic E-state index is 13.1. The van der Waals surface area contributed by atoms with Crippen molar-refractivity contribution in [3.63, 3.8) is 0 Å². The summed E-state index contributed by atoms with van der Waals surface area (Å²) in [6.45, 7) is 5.63. The molecule has 25 heavy (non-hydrogen) atoms. The lowest BCUT2D eigenvalue weighted by atomic mass is 9.91. The van der Waals surface area contributed by atoms with E-state index < -0.39 is 36.8 Å². The topological polar surface area (TPSA) is 71.5 Å². The fourth-order valence-corrected chi connectivity index (χ4v) is 9.04. The molecule has 2 aliphatic heterocycles. The van der Waals surface area contributed by atoms with Crippen molar-refractivity contribution in [1.82, 2.24) is 4.90 Å². The predicted octanol–water partition coefficient (Wildman–Crippen LogP) is 1.74. The van der Waals surface area contributed by atoms with Crippen molar-refractivity contribution in [1.29, 1.82) is 0 Å². The van der Waals surface area contributed by atoms with E-state index in [9.17, 15) is 21.2 Å². The van der Waals surface area contributed by atoms with Gasteiger partial charge in [-0.05, 0) is 42.5 Å². The summed E-state index contributed by atoms with van der Waals surface area (Å²) < 4.78 is 63.7. The standard InChI is InChI=1S/C17H24FNO4S2/c1-12-7-13(2)9-19(8-12)16-10-24(20,21)11-17(16)25(22,23)15-5-3-14(18)4-6-15/h3-6,12-13,16-17H,7-11H2,1-2H3/t12-,13+,16-,17-/m0/s1. The molecule has 0 spiro atoms. The molecule has 8 heteroatoms. The van der Waals surface area contributed by atoms with Crippen molar-refractivity contribution in [2.75, 3.05) is 24.6 Å². The molecule has 0 unspecified atom stereocenters. The van der Waals surface area contributed by atoms with Crippen LogP contribution in [0.3, 0.4) is 0 Å². The Hall–Kier alpha value is -0.990. The van der Waals surface area contributed by atoms with Gasteiger partial charge in [-0.1, -0.05) is 13.8 Å². The first-order valence-electron chi connectivity index (χ1n) is 8.52. The number of likely N-dealkylation sites (tertiary alicyclic amines) is 1. The van der Waals surface area contributed by atoms with Crippen LogP contribution >= 0.6 is 0 Å². The van der Waals surface area contributed by atoms with E-state index in [0.29, 0.717) is 24.9 Å². The van der Waals surface area contributed by atoms with Crippen LogP contribution in [-0.2, 0) is 19.7 Å². The van der Waals surface area contributed by atoms with Gasteiger partial charge in [0.25, 0.3) is 0 Å². The first kappa shape index (κ1) is 18.8. The van der Waals surface area contributed by atoms with Crippen LogP contribution in [0.15, 0.2) is 29.2 Å². The van der Waals surface area contributed by atoms with E-state index in [1.165, 1.54) is 12.1 Å². The lowest BCUT2D eigenvalue weighted by Crippen LogP contribution is -2.51. The Kier molecular flexibility index (Phi) is 4.98. The Morgan fingerprint density at radius 1 is 1.04 bits per heavy atom. The SMILES string of the molecule is C[C@@H]1C[C@H](C)CN([C@H]2CS(=O)(=O)C[C@@H]2S(=O)(=O)c2ccc(F)cc2)C1. The zero-order valence-electron chi connectivity index (χ0n) is 14.4. The van der Waals surface area contributed by atoms with E-state index >= 15 is 0 Å². The van der Waals surface area contributed by atoms with Crippen LogP contribution in [0, 0.1) is 17.7 Å². The summed E-state index contributed by atoms with van der Waals surface area (Å²) in [5, 5.41) is -1.000. The molecule has 0 aliphatic carbocycles. The average Bonchev–Trinajstić information content (AvgIpc) is 2.83. The maximum Gasteiger partial charge on any atom is 0.183 e. The zero-order chi connectivity index (χ0) is 18.4. The number of piperidine rings is 1. The van der Waals surface area contributed by atoms with Crippen molar-refractivity contribution in [3.8, 4) is 0 Å². The van der Waals surface area contributed by atoms with Gasteiger partial charge >= 0.3 is 0 Å². The summed E-state index contributed by atoms with van der Waals surface area (Å²) in [6.07, 6.45) is 1.06. The molecule has 2 fully saturated rings. The molecule has 2 heterocycles. The molecule has 2 aliphatic rings. The Bertz CT molecular complexity index is 826. The van der Waals surface area contributed by atoms with Gasteiger partial charge < -0.3 is 0 Å². The molecule has 0 saturated carbocycles. The molecule has 0 radical (unpaired) electrons. The number of nitrogens with zero attached hydrogens (tertiary/aromatic N) is 1. The maximum absolute atomic E-state index is 13.1. The minimum absolute atomic E-state index is 0.0147. The zero-order valence-corrected chi connectivity index (χ0v) is 16.1. The van der Waals surface area contributed by atoms with Crippen molar-refractivity contribution in [2.45, 2.75) is 36.5 Å². The van der Waals surface area contributed by atoms with E-state index in [2.05, 4.69) is 13.8 Å². The minimum Gasteiger partial charge on any atom is -0.297 e. The van der Waals surface area contributed by atoms with Gasteiger partial charge in [0.1, 0.15) is 5.82 Å². The third-order valence-corrected chi connectivity index (χ3v) is 9.31. The van der Waals surface area contributed by atoms with Gasteiger partial charge in [-0.15, -0.1) is 0 Å². The monoisotopic (exact) mass is 389 g/mol. The second kappa shape index (κ2) is 6.63. The normalized spacial score (nSPS) is 33.4. The molecule has 2 saturated heterocycles. The first-order valence-corrected chi connectivity index (χ1v) is 11.9. The fraction of sp³-hybridized carbons (Fsp3) is 0.647. The number of halogens is 1. The molecule has 5 nitrogen and oxygen atoms in total. The van der Waals surface area contributed by atoms with Crippen LogP contribution < -0.4 is 0 Å². The van der Waals surface area contributed by atoms with Gasteiger partial charge in [0.15, 0.2) is 19.7 Å². The van der Waals surface area contributed by atoms with Crippen LogP contribution in [0.5, 0.6) is 0 Å². The summed E-state index contributed by atoms with van der Waals surface area (Å²) in [6, 6.07) is 4.08. The number of benzene rings is 1. The van der Waals surface area contributed by atoms with Crippen molar-refractivity contribution in [3.05, 3.63) is 30.1 Å². The van der Waals surface area contributed by atoms with Gasteiger partial charge in [-0.25, -0.2) is 21.2 Å². The summed E-state index contributed by atoms with van der Waals surface area (Å²) in [5.41, 5.74) is 0. The van der Waals surface area contributed by atoms with Crippen LogP contribution in [0.2, 0.25) is 0 Å². The van der Waals surface area contributed by atoms with Gasteiger partial charge in [-0.3, -0.25) is 4.90 Å². The quantitative estimate of drug-likeness (QED) is 0.737. The molecule has 0 bridgehead atoms. The minimum atomic E-state index is -3.85. The van der Waals surface area contributed by atoms with Crippen molar-refractivity contribution < 1.29 is 21.2 Å². The van der Waals surface area contributed by atoms with E-state index in [1.807, 2.05) is 4.90 Å². The summed E-state index contributed by atoms with van der Waals surface area (Å²) >= 11 is 0. The van der Waals surface area contributed by atoms with Crippen LogP contribution in [0.4, 0.5) is 4.39 Å². The third-order valence-electron chi connectivity index (χ3n) is 5.18. The third kappa shape index (κ3) is 3.90. The molecule has 0 N–H and O–H groups in total. The molecule has 0 aromatic heterocycles. The Labute approximate surface area is 149 Å². The molecular formula is C17H24FNO4S2. The molecule has 0 amide bonds. The van der Waals surface area contributed by atoms with Crippen molar-refractivity contribution >= 4 is 19.7 Å². The predicted molar refractivity (Wildman–Crippen MR) is 94.3 cm³/mol. The average molecular weight is 390 g/mol. The highest BCUT2D eigenvalue weighted by atomic mass is 32.2. The van der Waals surface area contributed by atoms with E-state index in [-0.39, 0.29) is 16.4 Å². The highest BCUT2D eigenvalue weighted by Crippen LogP contribution is 2.32. The largest absolute Gasteiger partial charge is 0.297 e. The highest BCUT2D eigenvalue weighted by Gasteiger charge is 2.49. The van der Waals surface area contributed by atoms with E-state index in [0.717, 1.165) is 18.6 Å². The van der Waals surface area contributed by atoms with Gasteiger partial charge in [0, 0.05) is 19.1 Å². The Morgan fingerprint density at radius 2 is 1.60 bits per heavy atom. The molecule has 1 aromatic carbocycles. The molecule has 4 atom stereocenters. The Balaban J connectivity index is 1.96. The number of hydrogen-bond acceptors (Lipinski definition) is 5. The second-order valence-corrected chi connectivity index (χ2v) is 11.9. The molecular weight excluding hydrogens is 365 g/mol. The van der Waals surface area contributed by atoms with E-state index in [1.54, 1.807) is 0 Å².